The Bertz CT molecular complexity index is 1390. The molecule has 1 saturated heterocycles. The monoisotopic (exact) mass is 586 g/mol. The second-order valence-electron chi connectivity index (χ2n) is 8.35. The van der Waals surface area contributed by atoms with Crippen molar-refractivity contribution in [2.45, 2.75) is 28.6 Å². The number of carbonyl (C=O) groups excluding carboxylic acids is 2. The quantitative estimate of drug-likeness (QED) is 0.311. The van der Waals surface area contributed by atoms with Crippen LogP contribution in [0.5, 0.6) is 0 Å². The molecule has 0 bridgehead atoms. The van der Waals surface area contributed by atoms with Crippen molar-refractivity contribution in [2.24, 2.45) is 0 Å². The molecule has 40 heavy (non-hydrogen) atoms. The van der Waals surface area contributed by atoms with E-state index >= 15 is 0 Å². The number of tetrazole rings is 1. The van der Waals surface area contributed by atoms with Crippen LogP contribution in [-0.4, -0.2) is 63.6 Å². The molecule has 2 heterocycles. The molecular formula is C24H20F6N6O3S. The van der Waals surface area contributed by atoms with E-state index in [0.717, 1.165) is 24.3 Å². The number of alkyl halides is 6. The molecule has 3 aromatic rings. The van der Waals surface area contributed by atoms with Crippen LogP contribution in [0.15, 0.2) is 52.3 Å². The fourth-order valence-electron chi connectivity index (χ4n) is 3.83. The van der Waals surface area contributed by atoms with Crippen LogP contribution in [0.4, 0.5) is 32.0 Å². The summed E-state index contributed by atoms with van der Waals surface area (Å²) in [5, 5.41) is 15.3. The zero-order chi connectivity index (χ0) is 28.9. The van der Waals surface area contributed by atoms with E-state index in [1.54, 1.807) is 0 Å². The molecule has 212 valence electrons. The first kappa shape index (κ1) is 29.1. The molecule has 2 N–H and O–H groups in total. The van der Waals surface area contributed by atoms with Crippen LogP contribution in [0.2, 0.25) is 0 Å². The van der Waals surface area contributed by atoms with Crippen LogP contribution in [0, 0.1) is 0 Å². The van der Waals surface area contributed by atoms with Gasteiger partial charge in [0.15, 0.2) is 5.82 Å². The van der Waals surface area contributed by atoms with Gasteiger partial charge in [-0.1, -0.05) is 29.1 Å². The van der Waals surface area contributed by atoms with Crippen LogP contribution >= 0.6 is 11.8 Å². The van der Waals surface area contributed by atoms with Gasteiger partial charge in [0, 0.05) is 34.6 Å². The van der Waals surface area contributed by atoms with Crippen LogP contribution in [-0.2, 0) is 33.1 Å². The zero-order valence-electron chi connectivity index (χ0n) is 20.3. The van der Waals surface area contributed by atoms with Gasteiger partial charge in [-0.25, -0.2) is 0 Å². The van der Waals surface area contributed by atoms with Crippen molar-refractivity contribution < 1.29 is 40.7 Å². The van der Waals surface area contributed by atoms with Crippen molar-refractivity contribution in [3.8, 4) is 0 Å². The highest BCUT2D eigenvalue weighted by Crippen LogP contribution is 2.48. The van der Waals surface area contributed by atoms with E-state index in [2.05, 4.69) is 25.9 Å². The number of amides is 2. The Hall–Kier alpha value is -3.92. The first-order valence-electron chi connectivity index (χ1n) is 11.6. The summed E-state index contributed by atoms with van der Waals surface area (Å²) in [6.45, 7) is 0.938. The highest BCUT2D eigenvalue weighted by Gasteiger charge is 2.46. The maximum Gasteiger partial charge on any atom is 0.418 e. The molecule has 0 radical (unpaired) electrons. The van der Waals surface area contributed by atoms with Crippen molar-refractivity contribution in [2.75, 3.05) is 31.6 Å². The lowest BCUT2D eigenvalue weighted by Crippen LogP contribution is -2.39. The number of aromatic nitrogens is 4. The van der Waals surface area contributed by atoms with Gasteiger partial charge in [-0.3, -0.25) is 9.59 Å². The molecule has 0 atom stereocenters. The standard InChI is InChI=1S/C24H20F6N6O3S/c25-23(26,27)21-14(5-7-20(38)36-8-10-39-11-9-36)4-6-17(22(21)24(28,29)30)40-16-3-1-2-15(12-16)31-19(37)13-18-32-34-35-33-18/h1-7,12H,8-11,13H2,(H,31,37)(H,32,33,34,35). The lowest BCUT2D eigenvalue weighted by atomic mass is 9.99. The van der Waals surface area contributed by atoms with E-state index in [0.29, 0.717) is 11.8 Å². The fraction of sp³-hybridized carbons (Fsp3) is 0.292. The predicted molar refractivity (Wildman–Crippen MR) is 130 cm³/mol. The van der Waals surface area contributed by atoms with E-state index in [1.165, 1.54) is 29.2 Å². The summed E-state index contributed by atoms with van der Waals surface area (Å²) in [5.74, 6) is -1.07. The maximum absolute atomic E-state index is 14.1. The number of rotatable bonds is 7. The first-order valence-corrected chi connectivity index (χ1v) is 12.4. The number of halogens is 6. The van der Waals surface area contributed by atoms with Crippen LogP contribution < -0.4 is 5.32 Å². The van der Waals surface area contributed by atoms with Gasteiger partial charge in [0.1, 0.15) is 0 Å². The SMILES string of the molecule is O=C(Cc1nn[nH]n1)Nc1cccc(Sc2ccc(C=CC(=O)N3CCOCC3)c(C(F)(F)F)c2C(F)(F)F)c1. The summed E-state index contributed by atoms with van der Waals surface area (Å²) >= 11 is 0.450. The highest BCUT2D eigenvalue weighted by molar-refractivity contribution is 7.99. The average molecular weight is 587 g/mol. The molecule has 2 aromatic carbocycles. The molecule has 1 aliphatic rings. The molecule has 4 rings (SSSR count). The molecule has 0 spiro atoms. The van der Waals surface area contributed by atoms with Gasteiger partial charge >= 0.3 is 12.4 Å². The fourth-order valence-corrected chi connectivity index (χ4v) is 4.87. The third-order valence-electron chi connectivity index (χ3n) is 5.55. The Kier molecular flexibility index (Phi) is 8.78. The van der Waals surface area contributed by atoms with Crippen LogP contribution in [0.25, 0.3) is 6.08 Å². The molecule has 9 nitrogen and oxygen atoms in total. The van der Waals surface area contributed by atoms with Gasteiger partial charge in [-0.2, -0.15) is 31.6 Å². The molecule has 0 saturated carbocycles. The Morgan fingerprint density at radius 1 is 1.05 bits per heavy atom. The number of aromatic amines is 1. The van der Waals surface area contributed by atoms with Gasteiger partial charge in [-0.05, 0) is 35.9 Å². The summed E-state index contributed by atoms with van der Waals surface area (Å²) in [7, 11) is 0. The number of hydrogen-bond acceptors (Lipinski definition) is 7. The summed E-state index contributed by atoms with van der Waals surface area (Å²) in [4.78, 5) is 25.3. The van der Waals surface area contributed by atoms with E-state index in [4.69, 9.17) is 4.74 Å². The Labute approximate surface area is 227 Å². The van der Waals surface area contributed by atoms with E-state index in [1.807, 2.05) is 0 Å². The number of hydrogen-bond donors (Lipinski definition) is 2. The van der Waals surface area contributed by atoms with Gasteiger partial charge < -0.3 is 15.0 Å². The minimum absolute atomic E-state index is 0.110. The lowest BCUT2D eigenvalue weighted by Gasteiger charge is -2.25. The third-order valence-corrected chi connectivity index (χ3v) is 6.60. The summed E-state index contributed by atoms with van der Waals surface area (Å²) in [5.41, 5.74) is -4.38. The average Bonchev–Trinajstić information content (AvgIpc) is 3.40. The predicted octanol–water partition coefficient (Wildman–Crippen LogP) is 4.44. The normalized spacial score (nSPS) is 14.5. The minimum Gasteiger partial charge on any atom is -0.378 e. The number of carbonyl (C=O) groups is 2. The molecule has 16 heteroatoms. The molecule has 0 aliphatic carbocycles. The number of morpholine rings is 1. The summed E-state index contributed by atoms with van der Waals surface area (Å²) < 4.78 is 89.8. The Morgan fingerprint density at radius 3 is 2.42 bits per heavy atom. The van der Waals surface area contributed by atoms with Crippen molar-refractivity contribution in [3.05, 3.63) is 65.0 Å². The molecular weight excluding hydrogens is 566 g/mol. The van der Waals surface area contributed by atoms with Crippen molar-refractivity contribution in [1.29, 1.82) is 0 Å². The highest BCUT2D eigenvalue weighted by atomic mass is 32.2. The molecule has 2 amide bonds. The number of ether oxygens (including phenoxy) is 1. The zero-order valence-corrected chi connectivity index (χ0v) is 21.2. The molecule has 1 aromatic heterocycles. The minimum atomic E-state index is -5.38. The largest absolute Gasteiger partial charge is 0.418 e. The number of nitrogens with zero attached hydrogens (tertiary/aromatic N) is 4. The summed E-state index contributed by atoms with van der Waals surface area (Å²) in [6, 6.07) is 7.41. The second-order valence-corrected chi connectivity index (χ2v) is 9.47. The van der Waals surface area contributed by atoms with Crippen molar-refractivity contribution in [3.63, 3.8) is 0 Å². The number of benzene rings is 2. The molecule has 1 aliphatic heterocycles. The smallest absolute Gasteiger partial charge is 0.378 e. The van der Waals surface area contributed by atoms with E-state index < -0.39 is 45.8 Å². The number of anilines is 1. The number of H-pyrrole nitrogens is 1. The third kappa shape index (κ3) is 7.38. The Morgan fingerprint density at radius 2 is 1.77 bits per heavy atom. The van der Waals surface area contributed by atoms with E-state index in [9.17, 15) is 35.9 Å². The Balaban J connectivity index is 1.63. The van der Waals surface area contributed by atoms with Crippen molar-refractivity contribution >= 4 is 35.3 Å². The first-order chi connectivity index (χ1) is 18.9. The molecule has 0 unspecified atom stereocenters. The lowest BCUT2D eigenvalue weighted by molar-refractivity contribution is -0.163. The van der Waals surface area contributed by atoms with E-state index in [-0.39, 0.29) is 49.1 Å². The number of nitrogens with one attached hydrogen (secondary N) is 2. The van der Waals surface area contributed by atoms with Gasteiger partial charge in [0.05, 0.1) is 30.8 Å². The topological polar surface area (TPSA) is 113 Å². The van der Waals surface area contributed by atoms with Gasteiger partial charge in [0.2, 0.25) is 11.8 Å². The van der Waals surface area contributed by atoms with Crippen LogP contribution in [0.3, 0.4) is 0 Å². The van der Waals surface area contributed by atoms with Crippen molar-refractivity contribution in [1.82, 2.24) is 25.5 Å². The van der Waals surface area contributed by atoms with Gasteiger partial charge in [0.25, 0.3) is 0 Å². The van der Waals surface area contributed by atoms with Crippen LogP contribution in [0.1, 0.15) is 22.5 Å². The van der Waals surface area contributed by atoms with Gasteiger partial charge in [-0.15, -0.1) is 10.2 Å². The summed E-state index contributed by atoms with van der Waals surface area (Å²) in [6.07, 6.45) is -9.42. The maximum atomic E-state index is 14.1. The molecule has 1 fully saturated rings. The second kappa shape index (κ2) is 12.1.